The number of hydrogen-bond donors (Lipinski definition) is 0. The van der Waals surface area contributed by atoms with Crippen molar-refractivity contribution in [2.75, 3.05) is 26.7 Å². The summed E-state index contributed by atoms with van der Waals surface area (Å²) in [5, 5.41) is 0. The van der Waals surface area contributed by atoms with Gasteiger partial charge in [-0.15, -0.1) is 12.4 Å². The van der Waals surface area contributed by atoms with Crippen LogP contribution in [-0.2, 0) is 9.53 Å². The standard InChI is InChI=1S/C9H15NO2.ClH/c1-12-9(11)8-6-10-4-2-7(8)3-5-10;/h7-8H,2-6H2,1H3;1H. The molecule has 76 valence electrons. The summed E-state index contributed by atoms with van der Waals surface area (Å²) in [6, 6.07) is 0. The third-order valence-corrected chi connectivity index (χ3v) is 3.16. The molecule has 0 N–H and O–H groups in total. The lowest BCUT2D eigenvalue weighted by atomic mass is 9.79. The summed E-state index contributed by atoms with van der Waals surface area (Å²) >= 11 is 0. The number of rotatable bonds is 1. The van der Waals surface area contributed by atoms with Crippen LogP contribution in [0.2, 0.25) is 0 Å². The summed E-state index contributed by atoms with van der Waals surface area (Å²) in [6.07, 6.45) is 2.36. The molecule has 4 heteroatoms. The SMILES string of the molecule is COC(=O)C1CN2CCC1CC2.Cl. The Morgan fingerprint density at radius 3 is 2.38 bits per heavy atom. The van der Waals surface area contributed by atoms with Crippen LogP contribution in [0.4, 0.5) is 0 Å². The molecule has 3 nitrogen and oxygen atoms in total. The first kappa shape index (κ1) is 10.8. The molecule has 2 bridgehead atoms. The maximum absolute atomic E-state index is 11.3. The van der Waals surface area contributed by atoms with Crippen molar-refractivity contribution in [3.8, 4) is 0 Å². The highest BCUT2D eigenvalue weighted by Crippen LogP contribution is 2.32. The van der Waals surface area contributed by atoms with Crippen LogP contribution in [-0.4, -0.2) is 37.6 Å². The van der Waals surface area contributed by atoms with Crippen LogP contribution in [0.15, 0.2) is 0 Å². The molecule has 0 aliphatic carbocycles. The van der Waals surface area contributed by atoms with Gasteiger partial charge >= 0.3 is 5.97 Å². The van der Waals surface area contributed by atoms with Crippen molar-refractivity contribution in [3.63, 3.8) is 0 Å². The topological polar surface area (TPSA) is 29.5 Å². The summed E-state index contributed by atoms with van der Waals surface area (Å²) in [7, 11) is 1.49. The van der Waals surface area contributed by atoms with E-state index < -0.39 is 0 Å². The number of nitrogens with zero attached hydrogens (tertiary/aromatic N) is 1. The highest BCUT2D eigenvalue weighted by atomic mass is 35.5. The van der Waals surface area contributed by atoms with Crippen molar-refractivity contribution >= 4 is 18.4 Å². The van der Waals surface area contributed by atoms with Gasteiger partial charge in [-0.05, 0) is 31.8 Å². The van der Waals surface area contributed by atoms with E-state index >= 15 is 0 Å². The van der Waals surface area contributed by atoms with Crippen molar-refractivity contribution in [1.82, 2.24) is 4.90 Å². The highest BCUT2D eigenvalue weighted by molar-refractivity contribution is 5.85. The second-order valence-corrected chi connectivity index (χ2v) is 3.77. The fourth-order valence-electron chi connectivity index (χ4n) is 2.38. The van der Waals surface area contributed by atoms with E-state index in [9.17, 15) is 4.79 Å². The van der Waals surface area contributed by atoms with Gasteiger partial charge in [0.25, 0.3) is 0 Å². The third kappa shape index (κ3) is 1.97. The minimum absolute atomic E-state index is 0. The van der Waals surface area contributed by atoms with Gasteiger partial charge in [-0.25, -0.2) is 0 Å². The lowest BCUT2D eigenvalue weighted by Gasteiger charge is -2.43. The van der Waals surface area contributed by atoms with Crippen LogP contribution in [0.1, 0.15) is 12.8 Å². The fourth-order valence-corrected chi connectivity index (χ4v) is 2.38. The van der Waals surface area contributed by atoms with Crippen LogP contribution in [0, 0.1) is 11.8 Å². The first-order valence-corrected chi connectivity index (χ1v) is 4.61. The largest absolute Gasteiger partial charge is 0.469 e. The molecule has 3 aliphatic rings. The van der Waals surface area contributed by atoms with Crippen LogP contribution in [0.5, 0.6) is 0 Å². The number of carbonyl (C=O) groups excluding carboxylic acids is 1. The summed E-state index contributed by atoms with van der Waals surface area (Å²) < 4.78 is 4.78. The van der Waals surface area contributed by atoms with E-state index in [0.717, 1.165) is 6.54 Å². The molecule has 0 amide bonds. The lowest BCUT2D eigenvalue weighted by molar-refractivity contribution is -0.152. The van der Waals surface area contributed by atoms with Crippen LogP contribution in [0.25, 0.3) is 0 Å². The Kier molecular flexibility index (Phi) is 3.56. The molecule has 0 aromatic rings. The predicted molar refractivity (Wildman–Crippen MR) is 51.9 cm³/mol. The summed E-state index contributed by atoms with van der Waals surface area (Å²) in [6.45, 7) is 3.29. The molecule has 3 fully saturated rings. The molecule has 0 spiro atoms. The molecule has 0 radical (unpaired) electrons. The van der Waals surface area contributed by atoms with E-state index in [1.54, 1.807) is 0 Å². The summed E-state index contributed by atoms with van der Waals surface area (Å²) in [5.74, 6) is 0.754. The van der Waals surface area contributed by atoms with Crippen molar-refractivity contribution < 1.29 is 9.53 Å². The second kappa shape index (κ2) is 4.29. The second-order valence-electron chi connectivity index (χ2n) is 3.77. The molecular formula is C9H16ClNO2. The van der Waals surface area contributed by atoms with E-state index in [0.29, 0.717) is 5.92 Å². The minimum Gasteiger partial charge on any atom is -0.469 e. The van der Waals surface area contributed by atoms with Gasteiger partial charge in [0.1, 0.15) is 0 Å². The highest BCUT2D eigenvalue weighted by Gasteiger charge is 2.38. The Bertz CT molecular complexity index is 190. The van der Waals surface area contributed by atoms with Gasteiger partial charge in [0.2, 0.25) is 0 Å². The van der Waals surface area contributed by atoms with Crippen LogP contribution >= 0.6 is 12.4 Å². The van der Waals surface area contributed by atoms with Gasteiger partial charge in [0, 0.05) is 6.54 Å². The Balaban J connectivity index is 0.000000845. The van der Waals surface area contributed by atoms with Crippen molar-refractivity contribution in [2.45, 2.75) is 12.8 Å². The Labute approximate surface area is 84.8 Å². The number of esters is 1. The van der Waals surface area contributed by atoms with Gasteiger partial charge in [-0.3, -0.25) is 4.79 Å². The molecule has 3 aliphatic heterocycles. The van der Waals surface area contributed by atoms with Gasteiger partial charge < -0.3 is 9.64 Å². The summed E-state index contributed by atoms with van der Waals surface area (Å²) in [4.78, 5) is 13.7. The number of methoxy groups -OCH3 is 1. The van der Waals surface area contributed by atoms with Crippen molar-refractivity contribution in [2.24, 2.45) is 11.8 Å². The average Bonchev–Trinajstić information content (AvgIpc) is 2.18. The zero-order valence-corrected chi connectivity index (χ0v) is 8.68. The van der Waals surface area contributed by atoms with Crippen LogP contribution < -0.4 is 0 Å². The third-order valence-electron chi connectivity index (χ3n) is 3.16. The normalized spacial score (nSPS) is 36.5. The Hall–Kier alpha value is -0.280. The number of ether oxygens (including phenoxy) is 1. The number of fused-ring (bicyclic) bond motifs is 3. The van der Waals surface area contributed by atoms with E-state index in [4.69, 9.17) is 4.74 Å². The Morgan fingerprint density at radius 2 is 2.00 bits per heavy atom. The number of halogens is 1. The van der Waals surface area contributed by atoms with Crippen LogP contribution in [0.3, 0.4) is 0 Å². The molecule has 0 aromatic carbocycles. The molecule has 3 heterocycles. The van der Waals surface area contributed by atoms with Gasteiger partial charge in [-0.2, -0.15) is 0 Å². The minimum atomic E-state index is -0.00981. The molecule has 1 unspecified atom stereocenters. The molecule has 13 heavy (non-hydrogen) atoms. The maximum atomic E-state index is 11.3. The molecule has 3 rings (SSSR count). The Morgan fingerprint density at radius 1 is 1.38 bits per heavy atom. The monoisotopic (exact) mass is 205 g/mol. The predicted octanol–water partition coefficient (Wildman–Crippen LogP) is 0.923. The molecular weight excluding hydrogens is 190 g/mol. The molecule has 0 saturated carbocycles. The van der Waals surface area contributed by atoms with Crippen molar-refractivity contribution in [3.05, 3.63) is 0 Å². The van der Waals surface area contributed by atoms with E-state index in [2.05, 4.69) is 4.90 Å². The zero-order chi connectivity index (χ0) is 8.55. The number of hydrogen-bond acceptors (Lipinski definition) is 3. The molecule has 1 atom stereocenters. The maximum Gasteiger partial charge on any atom is 0.310 e. The first-order chi connectivity index (χ1) is 5.81. The van der Waals surface area contributed by atoms with Gasteiger partial charge in [0.15, 0.2) is 0 Å². The van der Waals surface area contributed by atoms with E-state index in [-0.39, 0.29) is 24.3 Å². The summed E-state index contributed by atoms with van der Waals surface area (Å²) in [5.41, 5.74) is 0. The van der Waals surface area contributed by atoms with Crippen molar-refractivity contribution in [1.29, 1.82) is 0 Å². The smallest absolute Gasteiger partial charge is 0.310 e. The number of piperidine rings is 3. The molecule has 3 saturated heterocycles. The zero-order valence-electron chi connectivity index (χ0n) is 7.86. The van der Waals surface area contributed by atoms with Gasteiger partial charge in [-0.1, -0.05) is 0 Å². The first-order valence-electron chi connectivity index (χ1n) is 4.61. The fraction of sp³-hybridized carbons (Fsp3) is 0.889. The van der Waals surface area contributed by atoms with E-state index in [1.807, 2.05) is 0 Å². The average molecular weight is 206 g/mol. The van der Waals surface area contributed by atoms with Gasteiger partial charge in [0.05, 0.1) is 13.0 Å². The quantitative estimate of drug-likeness (QED) is 0.597. The lowest BCUT2D eigenvalue weighted by Crippen LogP contribution is -2.50. The molecule has 0 aromatic heterocycles. The van der Waals surface area contributed by atoms with E-state index in [1.165, 1.54) is 33.0 Å². The number of carbonyl (C=O) groups is 1.